The van der Waals surface area contributed by atoms with Crippen molar-refractivity contribution in [1.29, 1.82) is 0 Å². The molecular formula is C23H36N4O7. The number of carbonyl (C=O) groups excluding carboxylic acids is 4. The summed E-state index contributed by atoms with van der Waals surface area (Å²) in [4.78, 5) is 51.4. The molecule has 3 amide bonds. The van der Waals surface area contributed by atoms with Crippen LogP contribution in [0.1, 0.15) is 57.3 Å². The smallest absolute Gasteiger partial charge is 0.274 e. The highest BCUT2D eigenvalue weighted by Gasteiger charge is 2.50. The highest BCUT2D eigenvalue weighted by molar-refractivity contribution is 5.99. The van der Waals surface area contributed by atoms with Gasteiger partial charge in [-0.1, -0.05) is 32.9 Å². The lowest BCUT2D eigenvalue weighted by atomic mass is 9.93. The van der Waals surface area contributed by atoms with E-state index in [4.69, 9.17) is 14.0 Å². The van der Waals surface area contributed by atoms with E-state index in [-0.39, 0.29) is 29.9 Å². The number of aromatic nitrogens is 1. The molecule has 1 aromatic heterocycles. The first-order chi connectivity index (χ1) is 15.9. The zero-order valence-electron chi connectivity index (χ0n) is 20.9. The van der Waals surface area contributed by atoms with Crippen LogP contribution in [-0.4, -0.2) is 72.7 Å². The largest absolute Gasteiger partial charge is 0.382 e. The van der Waals surface area contributed by atoms with Crippen molar-refractivity contribution in [3.05, 3.63) is 17.5 Å². The van der Waals surface area contributed by atoms with E-state index in [1.54, 1.807) is 27.7 Å². The first-order valence-electron chi connectivity index (χ1n) is 11.4. The van der Waals surface area contributed by atoms with Gasteiger partial charge in [-0.05, 0) is 32.1 Å². The molecule has 11 heteroatoms. The Morgan fingerprint density at radius 2 is 1.71 bits per heavy atom. The number of amides is 3. The second-order valence-electron chi connectivity index (χ2n) is 9.61. The number of Topliss-reactive ketones (excluding diaryl/α,β-unsaturated/α-hetero) is 1. The Morgan fingerprint density at radius 3 is 2.18 bits per heavy atom. The molecule has 1 fully saturated rings. The quantitative estimate of drug-likeness (QED) is 0.350. The fraction of sp³-hybridized carbons (Fsp3) is 0.696. The molecule has 1 aliphatic heterocycles. The Morgan fingerprint density at radius 1 is 1.09 bits per heavy atom. The summed E-state index contributed by atoms with van der Waals surface area (Å²) >= 11 is 0. The zero-order valence-corrected chi connectivity index (χ0v) is 20.9. The molecule has 0 aromatic carbocycles. The van der Waals surface area contributed by atoms with Crippen molar-refractivity contribution in [3.63, 3.8) is 0 Å². The summed E-state index contributed by atoms with van der Waals surface area (Å²) in [5.41, 5.74) is -0.841. The van der Waals surface area contributed by atoms with Crippen molar-refractivity contribution >= 4 is 23.5 Å². The fourth-order valence-corrected chi connectivity index (χ4v) is 3.43. The second kappa shape index (κ2) is 11.6. The minimum Gasteiger partial charge on any atom is -0.382 e. The van der Waals surface area contributed by atoms with Crippen LogP contribution in [0.25, 0.3) is 0 Å². The van der Waals surface area contributed by atoms with E-state index < -0.39 is 41.4 Å². The first-order valence-corrected chi connectivity index (χ1v) is 11.4. The monoisotopic (exact) mass is 480 g/mol. The zero-order chi connectivity index (χ0) is 25.6. The average molecular weight is 481 g/mol. The van der Waals surface area contributed by atoms with Gasteiger partial charge in [0.15, 0.2) is 11.5 Å². The van der Waals surface area contributed by atoms with E-state index in [1.165, 1.54) is 13.2 Å². The maximum absolute atomic E-state index is 13.0. The predicted molar refractivity (Wildman–Crippen MR) is 122 cm³/mol. The predicted octanol–water partition coefficient (Wildman–Crippen LogP) is 0.758. The number of hydrogen-bond donors (Lipinski definition) is 3. The summed E-state index contributed by atoms with van der Waals surface area (Å²) in [7, 11) is 1.40. The molecule has 0 spiro atoms. The summed E-state index contributed by atoms with van der Waals surface area (Å²) in [6.45, 7) is 11.0. The van der Waals surface area contributed by atoms with Crippen LogP contribution in [0.2, 0.25) is 0 Å². The Kier molecular flexibility index (Phi) is 9.34. The van der Waals surface area contributed by atoms with Gasteiger partial charge in [-0.2, -0.15) is 0 Å². The van der Waals surface area contributed by atoms with E-state index >= 15 is 0 Å². The maximum atomic E-state index is 13.0. The number of ether oxygens (including phenoxy) is 2. The number of methoxy groups -OCH3 is 1. The molecule has 0 radical (unpaired) electrons. The van der Waals surface area contributed by atoms with Gasteiger partial charge in [-0.3, -0.25) is 19.2 Å². The summed E-state index contributed by atoms with van der Waals surface area (Å²) in [5.74, 6) is -1.57. The van der Waals surface area contributed by atoms with E-state index in [0.29, 0.717) is 18.8 Å². The number of nitrogens with one attached hydrogen (secondary N) is 3. The normalized spacial score (nSPS) is 19.9. The molecule has 0 aliphatic carbocycles. The number of epoxide rings is 1. The molecule has 2 heterocycles. The first kappa shape index (κ1) is 27.5. The number of aryl methyl sites for hydroxylation is 1. The third kappa shape index (κ3) is 7.36. The Balaban J connectivity index is 2.10. The molecule has 2 rings (SSSR count). The van der Waals surface area contributed by atoms with Gasteiger partial charge in [0, 0.05) is 13.2 Å². The summed E-state index contributed by atoms with van der Waals surface area (Å²) in [6, 6.07) is -1.31. The molecule has 1 aliphatic rings. The lowest BCUT2D eigenvalue weighted by Crippen LogP contribution is -2.59. The van der Waals surface area contributed by atoms with E-state index in [2.05, 4.69) is 21.1 Å². The van der Waals surface area contributed by atoms with Gasteiger partial charge in [0.05, 0.1) is 19.3 Å². The lowest BCUT2D eigenvalue weighted by molar-refractivity contribution is -0.134. The van der Waals surface area contributed by atoms with E-state index in [9.17, 15) is 19.2 Å². The third-order valence-electron chi connectivity index (χ3n) is 5.50. The summed E-state index contributed by atoms with van der Waals surface area (Å²) in [5, 5.41) is 11.7. The number of nitrogens with zero attached hydrogens (tertiary/aromatic N) is 1. The van der Waals surface area contributed by atoms with Crippen LogP contribution in [0.15, 0.2) is 10.6 Å². The molecule has 1 aromatic rings. The Bertz CT molecular complexity index is 892. The highest BCUT2D eigenvalue weighted by atomic mass is 16.6. The standard InChI is InChI=1S/C23H36N4O7/c1-12(2)8-15(19(28)23(6)11-33-23)24-21(30)17(10-32-7)25-22(31)18(13(3)4)26-20(29)16-9-14(5)34-27-16/h9,12-13,15,17-18H,8,10-11H2,1-7H3,(H,24,30)(H,25,31)(H,26,29). The molecule has 0 bridgehead atoms. The van der Waals surface area contributed by atoms with Crippen molar-refractivity contribution in [1.82, 2.24) is 21.1 Å². The molecule has 4 unspecified atom stereocenters. The Hall–Kier alpha value is -2.79. The van der Waals surface area contributed by atoms with Crippen LogP contribution in [-0.2, 0) is 23.9 Å². The molecule has 11 nitrogen and oxygen atoms in total. The van der Waals surface area contributed by atoms with Gasteiger partial charge in [-0.25, -0.2) is 0 Å². The van der Waals surface area contributed by atoms with Crippen LogP contribution < -0.4 is 16.0 Å². The van der Waals surface area contributed by atoms with E-state index in [1.807, 2.05) is 13.8 Å². The van der Waals surface area contributed by atoms with Gasteiger partial charge in [-0.15, -0.1) is 0 Å². The topological polar surface area (TPSA) is 152 Å². The van der Waals surface area contributed by atoms with Gasteiger partial charge in [0.2, 0.25) is 11.8 Å². The van der Waals surface area contributed by atoms with Crippen molar-refractivity contribution in [2.45, 2.75) is 71.7 Å². The molecule has 3 N–H and O–H groups in total. The van der Waals surface area contributed by atoms with Crippen LogP contribution >= 0.6 is 0 Å². The maximum Gasteiger partial charge on any atom is 0.274 e. The SMILES string of the molecule is COCC(NC(=O)C(NC(=O)c1cc(C)on1)C(C)C)C(=O)NC(CC(C)C)C(=O)C1(C)CO1. The lowest BCUT2D eigenvalue weighted by Gasteiger charge is -2.27. The number of rotatable bonds is 13. The average Bonchev–Trinajstić information content (AvgIpc) is 3.35. The van der Waals surface area contributed by atoms with Crippen molar-refractivity contribution in [2.24, 2.45) is 11.8 Å². The minimum atomic E-state index is -1.07. The molecule has 1 saturated heterocycles. The van der Waals surface area contributed by atoms with Crippen molar-refractivity contribution in [3.8, 4) is 0 Å². The third-order valence-corrected chi connectivity index (χ3v) is 5.50. The van der Waals surface area contributed by atoms with Crippen LogP contribution in [0.4, 0.5) is 0 Å². The molecule has 4 atom stereocenters. The molecule has 34 heavy (non-hydrogen) atoms. The molecule has 0 saturated carbocycles. The van der Waals surface area contributed by atoms with Crippen LogP contribution in [0, 0.1) is 18.8 Å². The summed E-state index contributed by atoms with van der Waals surface area (Å²) < 4.78 is 15.3. The van der Waals surface area contributed by atoms with Crippen LogP contribution in [0.5, 0.6) is 0 Å². The highest BCUT2D eigenvalue weighted by Crippen LogP contribution is 2.29. The second-order valence-corrected chi connectivity index (χ2v) is 9.61. The Labute approximate surface area is 199 Å². The molecule has 190 valence electrons. The number of carbonyl (C=O) groups is 4. The van der Waals surface area contributed by atoms with Gasteiger partial charge in [0.25, 0.3) is 5.91 Å². The van der Waals surface area contributed by atoms with E-state index in [0.717, 1.165) is 0 Å². The van der Waals surface area contributed by atoms with Crippen molar-refractivity contribution < 1.29 is 33.2 Å². The van der Waals surface area contributed by atoms with Gasteiger partial charge < -0.3 is 29.9 Å². The minimum absolute atomic E-state index is 0.0490. The van der Waals surface area contributed by atoms with Crippen LogP contribution in [0.3, 0.4) is 0 Å². The molecular weight excluding hydrogens is 444 g/mol. The number of ketones is 1. The van der Waals surface area contributed by atoms with Gasteiger partial charge >= 0.3 is 0 Å². The van der Waals surface area contributed by atoms with Crippen molar-refractivity contribution in [2.75, 3.05) is 20.3 Å². The summed E-state index contributed by atoms with van der Waals surface area (Å²) in [6.07, 6.45) is 0.430. The van der Waals surface area contributed by atoms with Gasteiger partial charge in [0.1, 0.15) is 23.4 Å². The fourth-order valence-electron chi connectivity index (χ4n) is 3.43. The number of hydrogen-bond acceptors (Lipinski definition) is 8.